The maximum absolute atomic E-state index is 14.2. The molecule has 2 N–H and O–H groups in total. The van der Waals surface area contributed by atoms with Crippen molar-refractivity contribution in [1.82, 2.24) is 13.9 Å². The molecule has 46 heavy (non-hydrogen) atoms. The molecule has 250 valence electrons. The fourth-order valence-corrected chi connectivity index (χ4v) is 7.71. The van der Waals surface area contributed by atoms with Gasteiger partial charge >= 0.3 is 11.4 Å². The minimum atomic E-state index is -1.03. The highest BCUT2D eigenvalue weighted by Gasteiger charge is 2.52. The van der Waals surface area contributed by atoms with Crippen molar-refractivity contribution in [1.29, 1.82) is 0 Å². The number of carbonyl (C=O) groups is 1. The highest BCUT2D eigenvalue weighted by atomic mass is 16.3. The van der Waals surface area contributed by atoms with Crippen LogP contribution in [0.5, 0.6) is 0 Å². The van der Waals surface area contributed by atoms with E-state index in [1.165, 1.54) is 10.1 Å². The van der Waals surface area contributed by atoms with Crippen LogP contribution in [0.25, 0.3) is 5.69 Å². The van der Waals surface area contributed by atoms with Crippen molar-refractivity contribution in [3.05, 3.63) is 97.4 Å². The first-order chi connectivity index (χ1) is 21.8. The largest absolute Gasteiger partial charge is 0.396 e. The van der Waals surface area contributed by atoms with Crippen LogP contribution in [0.2, 0.25) is 0 Å². The van der Waals surface area contributed by atoms with Crippen molar-refractivity contribution in [2.45, 2.75) is 118 Å². The lowest BCUT2D eigenvalue weighted by molar-refractivity contribution is -0.117. The number of fused-ring (bicyclic) bond motifs is 1. The fourth-order valence-electron chi connectivity index (χ4n) is 7.71. The molecule has 0 amide bonds. The number of benzene rings is 1. The predicted octanol–water partition coefficient (Wildman–Crippen LogP) is 6.77. The van der Waals surface area contributed by atoms with E-state index >= 15 is 0 Å². The third kappa shape index (κ3) is 6.93. The smallest absolute Gasteiger partial charge is 0.352 e. The van der Waals surface area contributed by atoms with E-state index in [1.54, 1.807) is 21.5 Å². The molecule has 0 spiro atoms. The van der Waals surface area contributed by atoms with E-state index in [-0.39, 0.29) is 23.9 Å². The van der Waals surface area contributed by atoms with E-state index in [2.05, 4.69) is 45.9 Å². The number of carbonyl (C=O) groups excluding carboxylic acids is 1. The first-order valence-electron chi connectivity index (χ1n) is 16.8. The van der Waals surface area contributed by atoms with Gasteiger partial charge in [0, 0.05) is 12.0 Å². The molecule has 5 atom stereocenters. The van der Waals surface area contributed by atoms with Gasteiger partial charge in [0.2, 0.25) is 0 Å². The third-order valence-electron chi connectivity index (χ3n) is 10.7. The third-order valence-corrected chi connectivity index (χ3v) is 10.7. The highest BCUT2D eigenvalue weighted by molar-refractivity contribution is 5.74. The molecule has 2 heterocycles. The van der Waals surface area contributed by atoms with Gasteiger partial charge in [0.15, 0.2) is 0 Å². The van der Waals surface area contributed by atoms with Crippen LogP contribution < -0.4 is 11.4 Å². The van der Waals surface area contributed by atoms with Crippen molar-refractivity contribution in [2.75, 3.05) is 6.61 Å². The average Bonchev–Trinajstić information content (AvgIpc) is 3.27. The summed E-state index contributed by atoms with van der Waals surface area (Å²) in [5, 5.41) is 21.6. The minimum Gasteiger partial charge on any atom is -0.396 e. The summed E-state index contributed by atoms with van der Waals surface area (Å²) in [4.78, 5) is 40.3. The minimum absolute atomic E-state index is 0.0317. The van der Waals surface area contributed by atoms with Gasteiger partial charge in [0.1, 0.15) is 6.29 Å². The van der Waals surface area contributed by atoms with Crippen LogP contribution in [-0.2, 0) is 4.79 Å². The number of aldehydes is 1. The molecule has 1 aliphatic heterocycles. The topological polar surface area (TPSA) is 106 Å². The molecule has 1 aliphatic carbocycles. The van der Waals surface area contributed by atoms with Crippen LogP contribution in [0.3, 0.4) is 0 Å². The van der Waals surface area contributed by atoms with E-state index < -0.39 is 23.1 Å². The molecule has 8 nitrogen and oxygen atoms in total. The summed E-state index contributed by atoms with van der Waals surface area (Å²) < 4.78 is 4.49. The van der Waals surface area contributed by atoms with Gasteiger partial charge < -0.3 is 10.2 Å². The molecule has 1 saturated carbocycles. The lowest BCUT2D eigenvalue weighted by atomic mass is 9.54. The van der Waals surface area contributed by atoms with E-state index in [1.807, 2.05) is 39.0 Å². The van der Waals surface area contributed by atoms with Crippen LogP contribution in [0, 0.1) is 11.3 Å². The van der Waals surface area contributed by atoms with Crippen LogP contribution in [0.1, 0.15) is 112 Å². The van der Waals surface area contributed by atoms with E-state index in [0.29, 0.717) is 49.8 Å². The van der Waals surface area contributed by atoms with Gasteiger partial charge in [-0.3, -0.25) is 4.79 Å². The summed E-state index contributed by atoms with van der Waals surface area (Å²) >= 11 is 0. The summed E-state index contributed by atoms with van der Waals surface area (Å²) in [7, 11) is 0. The molecule has 0 saturated heterocycles. The Morgan fingerprint density at radius 2 is 1.70 bits per heavy atom. The second kappa shape index (κ2) is 14.5. The zero-order valence-electron chi connectivity index (χ0n) is 28.8. The molecule has 0 bridgehead atoms. The molecule has 1 aromatic heterocycles. The SMILES string of the molecule is CC(C)=CCC/C(C)=C/C1C=C(C)C(CC[C@@]2(C)[C@H](CCCO)/C(=C(/C)C=O)CC[C@]2(C)O)n2c(=O)n(-c3ccccc3)c(=O)n21. The van der Waals surface area contributed by atoms with Gasteiger partial charge in [-0.05, 0) is 117 Å². The molecule has 4 rings (SSSR count). The predicted molar refractivity (Wildman–Crippen MR) is 184 cm³/mol. The van der Waals surface area contributed by atoms with Crippen LogP contribution in [-0.4, -0.2) is 42.6 Å². The number of aliphatic hydroxyl groups is 2. The molecule has 1 aromatic carbocycles. The van der Waals surface area contributed by atoms with Gasteiger partial charge in [-0.2, -0.15) is 0 Å². The molecule has 0 radical (unpaired) electrons. The van der Waals surface area contributed by atoms with Gasteiger partial charge in [-0.1, -0.05) is 65.6 Å². The van der Waals surface area contributed by atoms with E-state index in [4.69, 9.17) is 0 Å². The second-order valence-corrected chi connectivity index (χ2v) is 14.2. The number of nitrogens with zero attached hydrogens (tertiary/aromatic N) is 3. The van der Waals surface area contributed by atoms with E-state index in [0.717, 1.165) is 35.8 Å². The molecule has 2 unspecified atom stereocenters. The average molecular weight is 632 g/mol. The standard InChI is InChI=1S/C38H53N3O5/c1-26(2)13-11-14-27(3)23-31-24-28(4)34(41-36(45)39(35(44)40(31)41)30-15-9-8-10-16-30)19-20-37(6)33(17-12-22-42)32(29(5)25-43)18-21-38(37,7)46/h8-10,13,15-16,23-25,31,33-34,42,46H,11-12,14,17-22H2,1-7H3/b27-23+,32-29-/t31?,33-,34?,37+,38+/m1/s1. The lowest BCUT2D eigenvalue weighted by Crippen LogP contribution is -2.53. The van der Waals surface area contributed by atoms with Crippen molar-refractivity contribution < 1.29 is 15.0 Å². The number of rotatable bonds is 12. The van der Waals surface area contributed by atoms with Gasteiger partial charge in [0.05, 0.1) is 23.4 Å². The Morgan fingerprint density at radius 1 is 1.02 bits per heavy atom. The first kappa shape index (κ1) is 35.4. The summed E-state index contributed by atoms with van der Waals surface area (Å²) in [6.07, 6.45) is 12.5. The molecule has 2 aromatic rings. The number of para-hydroxylation sites is 1. The fraction of sp³-hybridized carbons (Fsp3) is 0.553. The lowest BCUT2D eigenvalue weighted by Gasteiger charge is -2.54. The molecular weight excluding hydrogens is 578 g/mol. The molecule has 8 heteroatoms. The Morgan fingerprint density at radius 3 is 2.33 bits per heavy atom. The van der Waals surface area contributed by atoms with Gasteiger partial charge in [-0.15, -0.1) is 0 Å². The number of hydrogen-bond donors (Lipinski definition) is 2. The maximum atomic E-state index is 14.2. The normalized spacial score (nSPS) is 27.5. The summed E-state index contributed by atoms with van der Waals surface area (Å²) in [5.74, 6) is -0.103. The van der Waals surface area contributed by atoms with Crippen molar-refractivity contribution >= 4 is 6.29 Å². The quantitative estimate of drug-likeness (QED) is 0.153. The Kier molecular flexibility index (Phi) is 11.2. The van der Waals surface area contributed by atoms with Crippen LogP contribution in [0.15, 0.2) is 86.0 Å². The Balaban J connectivity index is 1.81. The highest BCUT2D eigenvalue weighted by Crippen LogP contribution is 2.56. The van der Waals surface area contributed by atoms with Crippen molar-refractivity contribution in [2.24, 2.45) is 11.3 Å². The summed E-state index contributed by atoms with van der Waals surface area (Å²) in [5.41, 5.74) is 3.25. The molecular formula is C38H53N3O5. The number of hydrogen-bond acceptors (Lipinski definition) is 5. The Labute approximate surface area is 273 Å². The van der Waals surface area contributed by atoms with E-state index in [9.17, 15) is 24.6 Å². The number of aromatic nitrogens is 3. The summed E-state index contributed by atoms with van der Waals surface area (Å²) in [6.45, 7) is 14.1. The zero-order chi connectivity index (χ0) is 33.8. The van der Waals surface area contributed by atoms with Gasteiger partial charge in [0.25, 0.3) is 0 Å². The Bertz CT molecular complexity index is 1640. The second-order valence-electron chi connectivity index (χ2n) is 14.2. The first-order valence-corrected chi connectivity index (χ1v) is 16.8. The van der Waals surface area contributed by atoms with Crippen molar-refractivity contribution in [3.8, 4) is 5.69 Å². The number of allylic oxidation sites excluding steroid dienone is 8. The van der Waals surface area contributed by atoms with Crippen molar-refractivity contribution in [3.63, 3.8) is 0 Å². The molecule has 1 fully saturated rings. The summed E-state index contributed by atoms with van der Waals surface area (Å²) in [6, 6.07) is 8.23. The Hall–Kier alpha value is -3.49. The van der Waals surface area contributed by atoms with Gasteiger partial charge in [-0.25, -0.2) is 23.5 Å². The molecule has 2 aliphatic rings. The monoisotopic (exact) mass is 631 g/mol. The van der Waals surface area contributed by atoms with Crippen LogP contribution in [0.4, 0.5) is 0 Å². The number of aliphatic hydroxyl groups excluding tert-OH is 1. The van der Waals surface area contributed by atoms with Crippen LogP contribution >= 0.6 is 0 Å². The zero-order valence-corrected chi connectivity index (χ0v) is 28.8. The maximum Gasteiger partial charge on any atom is 0.352 e.